The summed E-state index contributed by atoms with van der Waals surface area (Å²) in [5.74, 6) is -4.78. The Bertz CT molecular complexity index is 2200. The number of nitrogens with zero attached hydrogens (tertiary/aromatic N) is 2. The molecule has 17 heteroatoms. The number of rotatable bonds is 8. The van der Waals surface area contributed by atoms with Crippen molar-refractivity contribution in [3.63, 3.8) is 0 Å². The zero-order chi connectivity index (χ0) is 36.1. The van der Waals surface area contributed by atoms with E-state index in [2.05, 4.69) is 15.4 Å². The van der Waals surface area contributed by atoms with Crippen molar-refractivity contribution in [2.75, 3.05) is 7.11 Å². The second-order valence-electron chi connectivity index (χ2n) is 11.7. The number of carboxylic acid groups (broad SMARTS) is 1. The number of carbonyl (C=O) groups excluding carboxylic acids is 4. The highest BCUT2D eigenvalue weighted by molar-refractivity contribution is 8.01. The van der Waals surface area contributed by atoms with Crippen LogP contribution in [-0.4, -0.2) is 73.7 Å². The van der Waals surface area contributed by atoms with E-state index in [1.165, 1.54) is 53.1 Å². The van der Waals surface area contributed by atoms with E-state index in [0.717, 1.165) is 7.11 Å². The molecule has 2 fully saturated rings. The number of aliphatic carboxylic acids is 1. The molecule has 15 nitrogen and oxygen atoms in total. The lowest BCUT2D eigenvalue weighted by atomic mass is 9.95. The summed E-state index contributed by atoms with van der Waals surface area (Å²) in [6.45, 7) is 3.41. The molecule has 3 amide bonds. The van der Waals surface area contributed by atoms with Crippen molar-refractivity contribution in [3.8, 4) is 11.4 Å². The van der Waals surface area contributed by atoms with Crippen molar-refractivity contribution in [2.45, 2.75) is 42.1 Å². The minimum atomic E-state index is -1.35. The van der Waals surface area contributed by atoms with Crippen LogP contribution in [0.25, 0.3) is 16.7 Å². The standard InChI is InChI=1S/C33H27ClN4O11S/c1-33(2)24(30(43)44)38-28(42)22(29(38)50-33)36-26(40)21(15-9-5-4-6-10-15)35-25(39)16-11-7-13-18(20(16)34)37-27(41)17-12-8-14-19(48-32(46)47-3)23(17)49-31(37)45/h4-14,21-22,24,29H,1-3H3,(H,35,39)(H,36,40)(H,43,44)/t21-,22-,24+,29-/m1/s1. The number of benzene rings is 3. The maximum absolute atomic E-state index is 13.7. The van der Waals surface area contributed by atoms with Gasteiger partial charge in [-0.1, -0.05) is 54.1 Å². The number of methoxy groups -OCH3 is 1. The van der Waals surface area contributed by atoms with Gasteiger partial charge in [0.2, 0.25) is 11.8 Å². The Kier molecular flexibility index (Phi) is 8.92. The largest absolute Gasteiger partial charge is 0.513 e. The molecule has 3 heterocycles. The van der Waals surface area contributed by atoms with E-state index in [1.807, 2.05) is 0 Å². The monoisotopic (exact) mass is 722 g/mol. The van der Waals surface area contributed by atoms with Crippen molar-refractivity contribution < 1.29 is 43.0 Å². The van der Waals surface area contributed by atoms with E-state index in [0.29, 0.717) is 10.1 Å². The fraction of sp³-hybridized carbons (Fsp3) is 0.242. The van der Waals surface area contributed by atoms with Crippen LogP contribution < -0.4 is 26.7 Å². The Labute approximate surface area is 291 Å². The average molecular weight is 723 g/mol. The van der Waals surface area contributed by atoms with Gasteiger partial charge in [-0.3, -0.25) is 19.2 Å². The van der Waals surface area contributed by atoms with E-state index in [-0.39, 0.29) is 33.0 Å². The SMILES string of the molecule is COC(=O)Oc1cccc2c(=O)n(-c3cccc(C(=O)N[C@@H](C(=O)N[C@@H]4C(=O)N5[C@@H]4SC(C)(C)[C@@H]5C(=O)O)c4ccccc4)c3Cl)c(=O)oc12. The van der Waals surface area contributed by atoms with Gasteiger partial charge in [0.05, 0.1) is 28.8 Å². The van der Waals surface area contributed by atoms with Gasteiger partial charge in [-0.15, -0.1) is 11.8 Å². The van der Waals surface area contributed by atoms with Gasteiger partial charge < -0.3 is 34.5 Å². The van der Waals surface area contributed by atoms with Gasteiger partial charge in [0.25, 0.3) is 11.5 Å². The Balaban J connectivity index is 1.30. The molecule has 1 aromatic heterocycles. The number of hydrogen-bond donors (Lipinski definition) is 3. The summed E-state index contributed by atoms with van der Waals surface area (Å²) < 4.78 is 14.6. The molecule has 50 heavy (non-hydrogen) atoms. The number of β-lactam (4-membered cyclic amide) rings is 1. The quantitative estimate of drug-likeness (QED) is 0.137. The number of carbonyl (C=O) groups is 5. The maximum Gasteiger partial charge on any atom is 0.513 e. The fourth-order valence-corrected chi connectivity index (χ4v) is 7.87. The molecule has 2 saturated heterocycles. The predicted molar refractivity (Wildman–Crippen MR) is 178 cm³/mol. The lowest BCUT2D eigenvalue weighted by Gasteiger charge is -2.44. The molecule has 258 valence electrons. The van der Waals surface area contributed by atoms with Crippen molar-refractivity contribution in [2.24, 2.45) is 0 Å². The number of halogens is 1. The van der Waals surface area contributed by atoms with Crippen molar-refractivity contribution in [3.05, 3.63) is 104 Å². The number of hydrogen-bond acceptors (Lipinski definition) is 11. The van der Waals surface area contributed by atoms with Gasteiger partial charge in [0, 0.05) is 4.75 Å². The van der Waals surface area contributed by atoms with Crippen LogP contribution >= 0.6 is 23.4 Å². The van der Waals surface area contributed by atoms with Crippen LogP contribution in [0.4, 0.5) is 4.79 Å². The van der Waals surface area contributed by atoms with Crippen LogP contribution in [0.15, 0.2) is 80.7 Å². The second-order valence-corrected chi connectivity index (χ2v) is 13.9. The van der Waals surface area contributed by atoms with Crippen LogP contribution in [-0.2, 0) is 19.1 Å². The lowest BCUT2D eigenvalue weighted by Crippen LogP contribution is -2.71. The molecule has 0 unspecified atom stereocenters. The summed E-state index contributed by atoms with van der Waals surface area (Å²) in [5, 5.41) is 13.9. The first-order chi connectivity index (χ1) is 23.7. The number of nitrogens with one attached hydrogen (secondary N) is 2. The van der Waals surface area contributed by atoms with E-state index in [1.54, 1.807) is 44.2 Å². The van der Waals surface area contributed by atoms with Crippen molar-refractivity contribution in [1.29, 1.82) is 0 Å². The van der Waals surface area contributed by atoms with Gasteiger partial charge in [0.15, 0.2) is 11.3 Å². The first kappa shape index (κ1) is 34.3. The smallest absolute Gasteiger partial charge is 0.480 e. The van der Waals surface area contributed by atoms with Crippen LogP contribution in [0.3, 0.4) is 0 Å². The van der Waals surface area contributed by atoms with E-state index >= 15 is 0 Å². The molecule has 0 aliphatic carbocycles. The van der Waals surface area contributed by atoms with Crippen molar-refractivity contribution in [1.82, 2.24) is 20.1 Å². The summed E-state index contributed by atoms with van der Waals surface area (Å²) >= 11 is 7.89. The highest BCUT2D eigenvalue weighted by Gasteiger charge is 2.64. The molecule has 2 aliphatic heterocycles. The summed E-state index contributed by atoms with van der Waals surface area (Å²) in [6, 6.07) is 12.7. The molecule has 0 saturated carbocycles. The highest BCUT2D eigenvalue weighted by Crippen LogP contribution is 2.50. The van der Waals surface area contributed by atoms with Crippen LogP contribution in [0.2, 0.25) is 5.02 Å². The van der Waals surface area contributed by atoms with Gasteiger partial charge >= 0.3 is 17.9 Å². The Morgan fingerprint density at radius 2 is 1.70 bits per heavy atom. The van der Waals surface area contributed by atoms with E-state index in [9.17, 15) is 38.7 Å². The molecule has 0 bridgehead atoms. The third-order valence-electron chi connectivity index (χ3n) is 8.25. The molecule has 3 N–H and O–H groups in total. The lowest BCUT2D eigenvalue weighted by molar-refractivity contribution is -0.161. The van der Waals surface area contributed by atoms with Gasteiger partial charge in [-0.25, -0.2) is 19.0 Å². The van der Waals surface area contributed by atoms with Gasteiger partial charge in [0.1, 0.15) is 23.5 Å². The van der Waals surface area contributed by atoms with Gasteiger partial charge in [-0.05, 0) is 43.7 Å². The Morgan fingerprint density at radius 1 is 1.00 bits per heavy atom. The molecular weight excluding hydrogens is 696 g/mol. The fourth-order valence-electron chi connectivity index (χ4n) is 5.95. The third-order valence-corrected chi connectivity index (χ3v) is 10.2. The number of aromatic nitrogens is 1. The molecule has 4 atom stereocenters. The summed E-state index contributed by atoms with van der Waals surface area (Å²) in [4.78, 5) is 92.0. The molecule has 4 aromatic rings. The normalized spacial score (nSPS) is 19.6. The average Bonchev–Trinajstić information content (AvgIpc) is 3.34. The van der Waals surface area contributed by atoms with Crippen LogP contribution in [0, 0.1) is 0 Å². The second kappa shape index (κ2) is 13.0. The highest BCUT2D eigenvalue weighted by atomic mass is 35.5. The van der Waals surface area contributed by atoms with Gasteiger partial charge in [-0.2, -0.15) is 0 Å². The van der Waals surface area contributed by atoms with Crippen LogP contribution in [0.1, 0.15) is 35.8 Å². The zero-order valence-electron chi connectivity index (χ0n) is 26.4. The molecule has 6 rings (SSSR count). The topological polar surface area (TPSA) is 204 Å². The molecule has 0 radical (unpaired) electrons. The minimum Gasteiger partial charge on any atom is -0.480 e. The molecule has 0 spiro atoms. The number of thioether (sulfide) groups is 1. The minimum absolute atomic E-state index is 0.152. The Morgan fingerprint density at radius 3 is 2.38 bits per heavy atom. The Hall–Kier alpha value is -5.61. The number of carboxylic acids is 1. The molecule has 2 aliphatic rings. The number of ether oxygens (including phenoxy) is 2. The molecule has 3 aromatic carbocycles. The maximum atomic E-state index is 13.7. The summed E-state index contributed by atoms with van der Waals surface area (Å²) in [7, 11) is 1.08. The first-order valence-corrected chi connectivity index (χ1v) is 16.1. The third kappa shape index (κ3) is 5.85. The summed E-state index contributed by atoms with van der Waals surface area (Å²) in [5.41, 5.74) is -1.29. The number of fused-ring (bicyclic) bond motifs is 2. The zero-order valence-corrected chi connectivity index (χ0v) is 27.9. The van der Waals surface area contributed by atoms with Crippen molar-refractivity contribution >= 4 is 64.2 Å². The van der Waals surface area contributed by atoms with Crippen LogP contribution in [0.5, 0.6) is 5.75 Å². The van der Waals surface area contributed by atoms with E-state index in [4.69, 9.17) is 20.8 Å². The first-order valence-electron chi connectivity index (χ1n) is 14.9. The predicted octanol–water partition coefficient (Wildman–Crippen LogP) is 2.85. The number of para-hydroxylation sites is 1. The summed E-state index contributed by atoms with van der Waals surface area (Å²) in [6.07, 6.45) is -1.11. The molecular formula is C33H27ClN4O11S. The van der Waals surface area contributed by atoms with E-state index < -0.39 is 69.4 Å². The number of amides is 3.